The fourth-order valence-electron chi connectivity index (χ4n) is 1.77. The molecule has 0 saturated carbocycles. The predicted molar refractivity (Wildman–Crippen MR) is 71.2 cm³/mol. The van der Waals surface area contributed by atoms with Crippen molar-refractivity contribution in [1.29, 1.82) is 0 Å². The minimum atomic E-state index is 0.0995. The van der Waals surface area contributed by atoms with Gasteiger partial charge in [-0.2, -0.15) is 0 Å². The first-order valence-corrected chi connectivity index (χ1v) is 6.05. The Labute approximate surface area is 106 Å². The van der Waals surface area contributed by atoms with E-state index in [2.05, 4.69) is 0 Å². The van der Waals surface area contributed by atoms with Crippen LogP contribution in [-0.2, 0) is 6.42 Å². The molecule has 0 bridgehead atoms. The smallest absolute Gasteiger partial charge is 0.135 e. The van der Waals surface area contributed by atoms with E-state index in [1.165, 1.54) is 0 Å². The molecule has 2 rings (SSSR count). The van der Waals surface area contributed by atoms with Gasteiger partial charge in [0.15, 0.2) is 0 Å². The summed E-state index contributed by atoms with van der Waals surface area (Å²) in [5, 5.41) is 0.715. The first-order valence-electron chi connectivity index (χ1n) is 5.67. The third kappa shape index (κ3) is 2.90. The largest absolute Gasteiger partial charge is 0.461 e. The van der Waals surface area contributed by atoms with Crippen molar-refractivity contribution in [3.63, 3.8) is 0 Å². The lowest BCUT2D eigenvalue weighted by Crippen LogP contribution is -2.17. The van der Waals surface area contributed by atoms with Gasteiger partial charge in [0, 0.05) is 18.0 Å². The lowest BCUT2D eigenvalue weighted by Gasteiger charge is -2.03. The van der Waals surface area contributed by atoms with Crippen LogP contribution in [0, 0.1) is 6.92 Å². The summed E-state index contributed by atoms with van der Waals surface area (Å²) in [6.07, 6.45) is 0.740. The monoisotopic (exact) mass is 249 g/mol. The van der Waals surface area contributed by atoms with Gasteiger partial charge >= 0.3 is 0 Å². The van der Waals surface area contributed by atoms with Crippen LogP contribution in [0.25, 0.3) is 11.3 Å². The molecule has 17 heavy (non-hydrogen) atoms. The standard InChI is InChI=1S/C14H16ClNO/c1-9-3-5-12(13(15)7-9)14-6-4-11(17-14)8-10(2)16/h3-7,10H,8,16H2,1-2H3. The Balaban J connectivity index is 2.30. The molecule has 2 N–H and O–H groups in total. The molecule has 1 heterocycles. The van der Waals surface area contributed by atoms with Crippen molar-refractivity contribution in [2.24, 2.45) is 5.73 Å². The van der Waals surface area contributed by atoms with Gasteiger partial charge in [0.05, 0.1) is 5.02 Å². The zero-order chi connectivity index (χ0) is 12.4. The molecular formula is C14H16ClNO. The maximum absolute atomic E-state index is 6.19. The molecule has 0 radical (unpaired) electrons. The number of furan rings is 1. The minimum absolute atomic E-state index is 0.0995. The maximum Gasteiger partial charge on any atom is 0.135 e. The summed E-state index contributed by atoms with van der Waals surface area (Å²) in [5.74, 6) is 1.69. The Bertz CT molecular complexity index is 517. The molecule has 2 aromatic rings. The van der Waals surface area contributed by atoms with Crippen LogP contribution in [0.4, 0.5) is 0 Å². The normalized spacial score (nSPS) is 12.7. The summed E-state index contributed by atoms with van der Waals surface area (Å²) < 4.78 is 5.74. The average molecular weight is 250 g/mol. The zero-order valence-electron chi connectivity index (χ0n) is 10.0. The number of hydrogen-bond acceptors (Lipinski definition) is 2. The third-order valence-corrected chi connectivity index (χ3v) is 2.89. The van der Waals surface area contributed by atoms with Crippen LogP contribution in [-0.4, -0.2) is 6.04 Å². The van der Waals surface area contributed by atoms with Gasteiger partial charge in [-0.25, -0.2) is 0 Å². The molecule has 90 valence electrons. The van der Waals surface area contributed by atoms with Gasteiger partial charge in [0.1, 0.15) is 11.5 Å². The number of rotatable bonds is 3. The quantitative estimate of drug-likeness (QED) is 0.899. The molecule has 0 amide bonds. The summed E-state index contributed by atoms with van der Waals surface area (Å²) in [6, 6.07) is 9.93. The van der Waals surface area contributed by atoms with E-state index in [1.54, 1.807) is 0 Å². The van der Waals surface area contributed by atoms with E-state index >= 15 is 0 Å². The molecule has 0 saturated heterocycles. The summed E-state index contributed by atoms with van der Waals surface area (Å²) in [6.45, 7) is 3.97. The Morgan fingerprint density at radius 1 is 1.29 bits per heavy atom. The molecule has 0 spiro atoms. The van der Waals surface area contributed by atoms with Gasteiger partial charge in [0.25, 0.3) is 0 Å². The van der Waals surface area contributed by atoms with Crippen LogP contribution in [0.3, 0.4) is 0 Å². The zero-order valence-corrected chi connectivity index (χ0v) is 10.8. The molecule has 0 aliphatic carbocycles. The van der Waals surface area contributed by atoms with Crippen molar-refractivity contribution in [3.05, 3.63) is 46.7 Å². The fourth-order valence-corrected chi connectivity index (χ4v) is 2.10. The Hall–Kier alpha value is -1.25. The van der Waals surface area contributed by atoms with Crippen LogP contribution in [0.2, 0.25) is 5.02 Å². The van der Waals surface area contributed by atoms with Gasteiger partial charge in [0.2, 0.25) is 0 Å². The fraction of sp³-hybridized carbons (Fsp3) is 0.286. The van der Waals surface area contributed by atoms with E-state index in [4.69, 9.17) is 21.8 Å². The van der Waals surface area contributed by atoms with Gasteiger partial charge < -0.3 is 10.2 Å². The van der Waals surface area contributed by atoms with E-state index < -0.39 is 0 Å². The Kier molecular flexibility index (Phi) is 3.55. The third-order valence-electron chi connectivity index (χ3n) is 2.57. The van der Waals surface area contributed by atoms with Crippen LogP contribution in [0.1, 0.15) is 18.2 Å². The maximum atomic E-state index is 6.19. The Morgan fingerprint density at radius 3 is 2.71 bits per heavy atom. The van der Waals surface area contributed by atoms with Crippen molar-refractivity contribution in [2.75, 3.05) is 0 Å². The molecule has 1 aromatic heterocycles. The molecule has 0 aliphatic heterocycles. The highest BCUT2D eigenvalue weighted by Gasteiger charge is 2.09. The topological polar surface area (TPSA) is 39.2 Å². The molecular weight excluding hydrogens is 234 g/mol. The second-order valence-corrected chi connectivity index (χ2v) is 4.84. The second kappa shape index (κ2) is 4.94. The first-order chi connectivity index (χ1) is 8.06. The van der Waals surface area contributed by atoms with Crippen LogP contribution >= 0.6 is 11.6 Å². The molecule has 2 nitrogen and oxygen atoms in total. The van der Waals surface area contributed by atoms with Gasteiger partial charge in [-0.15, -0.1) is 0 Å². The molecule has 1 aromatic carbocycles. The lowest BCUT2D eigenvalue weighted by molar-refractivity contribution is 0.503. The van der Waals surface area contributed by atoms with Crippen molar-refractivity contribution < 1.29 is 4.42 Å². The predicted octanol–water partition coefficient (Wildman–Crippen LogP) is 3.80. The molecule has 0 fully saturated rings. The minimum Gasteiger partial charge on any atom is -0.461 e. The first kappa shape index (κ1) is 12.2. The van der Waals surface area contributed by atoms with Crippen LogP contribution in [0.5, 0.6) is 0 Å². The molecule has 0 aliphatic rings. The second-order valence-electron chi connectivity index (χ2n) is 4.43. The van der Waals surface area contributed by atoms with E-state index in [0.29, 0.717) is 5.02 Å². The molecule has 3 heteroatoms. The van der Waals surface area contributed by atoms with Crippen LogP contribution < -0.4 is 5.73 Å². The van der Waals surface area contributed by atoms with E-state index in [1.807, 2.05) is 44.2 Å². The van der Waals surface area contributed by atoms with Crippen molar-refractivity contribution in [3.8, 4) is 11.3 Å². The van der Waals surface area contributed by atoms with Crippen molar-refractivity contribution in [2.45, 2.75) is 26.3 Å². The lowest BCUT2D eigenvalue weighted by atomic mass is 10.1. The molecule has 1 atom stereocenters. The van der Waals surface area contributed by atoms with E-state index in [9.17, 15) is 0 Å². The number of aryl methyl sites for hydroxylation is 1. The summed E-state index contributed by atoms with van der Waals surface area (Å²) in [7, 11) is 0. The summed E-state index contributed by atoms with van der Waals surface area (Å²) in [4.78, 5) is 0. The highest BCUT2D eigenvalue weighted by Crippen LogP contribution is 2.30. The number of hydrogen-bond donors (Lipinski definition) is 1. The summed E-state index contributed by atoms with van der Waals surface area (Å²) in [5.41, 5.74) is 7.80. The van der Waals surface area contributed by atoms with Gasteiger partial charge in [-0.1, -0.05) is 17.7 Å². The van der Waals surface area contributed by atoms with Crippen molar-refractivity contribution >= 4 is 11.6 Å². The van der Waals surface area contributed by atoms with Crippen molar-refractivity contribution in [1.82, 2.24) is 0 Å². The average Bonchev–Trinajstić information content (AvgIpc) is 2.65. The highest BCUT2D eigenvalue weighted by atomic mass is 35.5. The Morgan fingerprint density at radius 2 is 2.06 bits per heavy atom. The SMILES string of the molecule is Cc1ccc(-c2ccc(CC(C)N)o2)c(Cl)c1. The molecule has 1 unspecified atom stereocenters. The van der Waals surface area contributed by atoms with E-state index in [0.717, 1.165) is 29.1 Å². The number of benzene rings is 1. The number of halogens is 1. The van der Waals surface area contributed by atoms with Gasteiger partial charge in [-0.05, 0) is 43.7 Å². The number of nitrogens with two attached hydrogens (primary N) is 1. The summed E-state index contributed by atoms with van der Waals surface area (Å²) >= 11 is 6.19. The van der Waals surface area contributed by atoms with Gasteiger partial charge in [-0.3, -0.25) is 0 Å². The van der Waals surface area contributed by atoms with E-state index in [-0.39, 0.29) is 6.04 Å². The van der Waals surface area contributed by atoms with Crippen LogP contribution in [0.15, 0.2) is 34.7 Å². The highest BCUT2D eigenvalue weighted by molar-refractivity contribution is 6.33.